The normalized spacial score (nSPS) is 14.4. The van der Waals surface area contributed by atoms with Crippen LogP contribution in [0.4, 0.5) is 0 Å². The first-order chi connectivity index (χ1) is 11.7. The van der Waals surface area contributed by atoms with E-state index in [1.165, 1.54) is 12.0 Å². The number of hydrogen-bond donors (Lipinski definition) is 1. The van der Waals surface area contributed by atoms with Crippen LogP contribution < -0.4 is 0 Å². The van der Waals surface area contributed by atoms with Crippen molar-refractivity contribution >= 4 is 26.8 Å². The number of aromatic hydroxyl groups is 1. The number of phenolic OH excluding ortho intramolecular Hbond substituents is 1. The van der Waals surface area contributed by atoms with E-state index in [2.05, 4.69) is 39.7 Å². The van der Waals surface area contributed by atoms with Crippen molar-refractivity contribution in [1.82, 2.24) is 9.88 Å². The van der Waals surface area contributed by atoms with Crippen molar-refractivity contribution in [2.24, 2.45) is 0 Å². The summed E-state index contributed by atoms with van der Waals surface area (Å²) in [6, 6.07) is 5.89. The fourth-order valence-electron chi connectivity index (χ4n) is 2.40. The van der Waals surface area contributed by atoms with E-state index < -0.39 is 0 Å². The topological polar surface area (TPSA) is 45.6 Å². The summed E-state index contributed by atoms with van der Waals surface area (Å²) in [6.45, 7) is 12.6. The van der Waals surface area contributed by atoms with Crippen molar-refractivity contribution in [3.8, 4) is 5.75 Å². The zero-order chi connectivity index (χ0) is 17.9. The second kappa shape index (κ2) is 11.4. The van der Waals surface area contributed by atoms with E-state index in [9.17, 15) is 5.11 Å². The second-order valence-corrected chi connectivity index (χ2v) is 6.22. The van der Waals surface area contributed by atoms with Gasteiger partial charge in [-0.15, -0.1) is 0 Å². The Morgan fingerprint density at radius 3 is 2.50 bits per heavy atom. The number of rotatable bonds is 2. The molecule has 2 heterocycles. The largest absolute Gasteiger partial charge is 0.505 e. The van der Waals surface area contributed by atoms with Gasteiger partial charge in [0.2, 0.25) is 0 Å². The maximum Gasteiger partial charge on any atom is 0.156 e. The van der Waals surface area contributed by atoms with Gasteiger partial charge < -0.3 is 9.84 Å². The highest BCUT2D eigenvalue weighted by Gasteiger charge is 2.15. The molecular formula is C19H29BrN2O2. The van der Waals surface area contributed by atoms with Gasteiger partial charge in [-0.1, -0.05) is 40.2 Å². The zero-order valence-electron chi connectivity index (χ0n) is 15.2. The molecule has 24 heavy (non-hydrogen) atoms. The molecule has 4 nitrogen and oxygen atoms in total. The van der Waals surface area contributed by atoms with E-state index in [1.54, 1.807) is 6.20 Å². The Hall–Kier alpha value is -1.17. The third kappa shape index (κ3) is 5.72. The minimum Gasteiger partial charge on any atom is -0.505 e. The maximum atomic E-state index is 10.0. The summed E-state index contributed by atoms with van der Waals surface area (Å²) in [4.78, 5) is 6.63. The van der Waals surface area contributed by atoms with Crippen LogP contribution >= 0.6 is 15.9 Å². The Morgan fingerprint density at radius 1 is 1.25 bits per heavy atom. The second-order valence-electron chi connectivity index (χ2n) is 5.36. The molecule has 0 radical (unpaired) electrons. The van der Waals surface area contributed by atoms with Gasteiger partial charge in [0.15, 0.2) is 5.75 Å². The first-order valence-corrected chi connectivity index (χ1v) is 9.51. The Kier molecular flexibility index (Phi) is 9.91. The summed E-state index contributed by atoms with van der Waals surface area (Å²) in [7, 11) is 0. The standard InChI is InChI=1S/C14H15BrN2O2.C3H8.C2H6/c15-12-8-10(9-17-4-6-19-7-5-17)11-2-1-3-16-13(11)14(12)18;1-3-2;1-2/h1-3,8,18H,4-7,9H2;3H2,1-2H3;1-2H3. The predicted octanol–water partition coefficient (Wildman–Crippen LogP) is 4.98. The fourth-order valence-corrected chi connectivity index (χ4v) is 2.86. The van der Waals surface area contributed by atoms with E-state index in [1.807, 2.05) is 32.0 Å². The van der Waals surface area contributed by atoms with Gasteiger partial charge in [0.05, 0.1) is 17.7 Å². The number of fused-ring (bicyclic) bond motifs is 1. The van der Waals surface area contributed by atoms with E-state index in [-0.39, 0.29) is 5.75 Å². The summed E-state index contributed by atoms with van der Waals surface area (Å²) in [5.41, 5.74) is 1.83. The van der Waals surface area contributed by atoms with Crippen molar-refractivity contribution in [3.05, 3.63) is 34.4 Å². The van der Waals surface area contributed by atoms with Gasteiger partial charge in [0.25, 0.3) is 0 Å². The van der Waals surface area contributed by atoms with Gasteiger partial charge >= 0.3 is 0 Å². The number of hydrogen-bond acceptors (Lipinski definition) is 4. The molecule has 0 unspecified atom stereocenters. The Labute approximate surface area is 154 Å². The third-order valence-electron chi connectivity index (χ3n) is 3.40. The number of ether oxygens (including phenoxy) is 1. The summed E-state index contributed by atoms with van der Waals surface area (Å²) >= 11 is 3.40. The molecule has 5 heteroatoms. The lowest BCUT2D eigenvalue weighted by atomic mass is 10.1. The van der Waals surface area contributed by atoms with Crippen molar-refractivity contribution in [2.45, 2.75) is 40.7 Å². The van der Waals surface area contributed by atoms with Gasteiger partial charge in [-0.3, -0.25) is 9.88 Å². The van der Waals surface area contributed by atoms with E-state index in [0.717, 1.165) is 38.2 Å². The van der Waals surface area contributed by atoms with Gasteiger partial charge in [0.1, 0.15) is 5.52 Å². The van der Waals surface area contributed by atoms with Gasteiger partial charge in [-0.25, -0.2) is 0 Å². The van der Waals surface area contributed by atoms with Crippen LogP contribution in [0.1, 0.15) is 39.7 Å². The van der Waals surface area contributed by atoms with Crippen LogP contribution in [0.2, 0.25) is 0 Å². The van der Waals surface area contributed by atoms with Crippen LogP contribution in [-0.4, -0.2) is 41.3 Å². The van der Waals surface area contributed by atoms with Crippen molar-refractivity contribution in [1.29, 1.82) is 0 Å². The highest BCUT2D eigenvalue weighted by atomic mass is 79.9. The average molecular weight is 397 g/mol. The van der Waals surface area contributed by atoms with Crippen molar-refractivity contribution < 1.29 is 9.84 Å². The Morgan fingerprint density at radius 2 is 1.88 bits per heavy atom. The van der Waals surface area contributed by atoms with Gasteiger partial charge in [-0.05, 0) is 33.6 Å². The molecule has 0 amide bonds. The van der Waals surface area contributed by atoms with Crippen molar-refractivity contribution in [3.63, 3.8) is 0 Å². The van der Waals surface area contributed by atoms with Crippen LogP contribution in [0, 0.1) is 0 Å². The molecule has 2 aromatic rings. The smallest absolute Gasteiger partial charge is 0.156 e. The predicted molar refractivity (Wildman–Crippen MR) is 105 cm³/mol. The fraction of sp³-hybridized carbons (Fsp3) is 0.526. The SMILES string of the molecule is CC.CCC.Oc1c(Br)cc(CN2CCOCC2)c2cccnc12. The van der Waals surface area contributed by atoms with E-state index in [0.29, 0.717) is 9.99 Å². The number of nitrogens with zero attached hydrogens (tertiary/aromatic N) is 2. The maximum absolute atomic E-state index is 10.0. The average Bonchev–Trinajstić information content (AvgIpc) is 2.63. The zero-order valence-corrected chi connectivity index (χ0v) is 16.8. The van der Waals surface area contributed by atoms with E-state index in [4.69, 9.17) is 4.74 Å². The molecule has 0 aliphatic carbocycles. The molecule has 0 bridgehead atoms. The van der Waals surface area contributed by atoms with Crippen LogP contribution in [0.15, 0.2) is 28.9 Å². The van der Waals surface area contributed by atoms with Crippen LogP contribution in [0.5, 0.6) is 5.75 Å². The summed E-state index contributed by atoms with van der Waals surface area (Å²) < 4.78 is 6.06. The molecule has 1 aromatic heterocycles. The lowest BCUT2D eigenvalue weighted by Gasteiger charge is -2.27. The minimum atomic E-state index is 0.210. The number of halogens is 1. The molecule has 1 aliphatic heterocycles. The highest BCUT2D eigenvalue weighted by Crippen LogP contribution is 2.34. The van der Waals surface area contributed by atoms with Crippen LogP contribution in [0.3, 0.4) is 0 Å². The van der Waals surface area contributed by atoms with Crippen LogP contribution in [0.25, 0.3) is 10.9 Å². The molecule has 1 N–H and O–H groups in total. The molecule has 134 valence electrons. The quantitative estimate of drug-likeness (QED) is 0.777. The number of benzene rings is 1. The van der Waals surface area contributed by atoms with E-state index >= 15 is 0 Å². The van der Waals surface area contributed by atoms with Crippen molar-refractivity contribution in [2.75, 3.05) is 26.3 Å². The summed E-state index contributed by atoms with van der Waals surface area (Å²) in [6.07, 6.45) is 2.95. The minimum absolute atomic E-state index is 0.210. The monoisotopic (exact) mass is 396 g/mol. The number of phenols is 1. The Balaban J connectivity index is 0.000000521. The molecule has 0 saturated carbocycles. The molecule has 1 fully saturated rings. The molecule has 1 aliphatic rings. The highest BCUT2D eigenvalue weighted by molar-refractivity contribution is 9.10. The molecule has 0 spiro atoms. The number of aromatic nitrogens is 1. The lowest BCUT2D eigenvalue weighted by molar-refractivity contribution is 0.0343. The van der Waals surface area contributed by atoms with Gasteiger partial charge in [-0.2, -0.15) is 0 Å². The first kappa shape index (κ1) is 20.9. The molecule has 0 atom stereocenters. The molecule has 1 aromatic carbocycles. The third-order valence-corrected chi connectivity index (χ3v) is 4.01. The summed E-state index contributed by atoms with van der Waals surface area (Å²) in [5, 5.41) is 11.1. The Bertz CT molecular complexity index is 614. The number of morpholine rings is 1. The molecule has 1 saturated heterocycles. The molecule has 3 rings (SSSR count). The lowest BCUT2D eigenvalue weighted by Crippen LogP contribution is -2.35. The summed E-state index contributed by atoms with van der Waals surface area (Å²) in [5.74, 6) is 0.210. The number of pyridine rings is 1. The van der Waals surface area contributed by atoms with Gasteiger partial charge in [0, 0.05) is 31.2 Å². The van der Waals surface area contributed by atoms with Crippen LogP contribution in [-0.2, 0) is 11.3 Å². The first-order valence-electron chi connectivity index (χ1n) is 8.72. The molecular weight excluding hydrogens is 368 g/mol.